The van der Waals surface area contributed by atoms with Gasteiger partial charge in [-0.25, -0.2) is 8.42 Å². The molecule has 40 heavy (non-hydrogen) atoms. The summed E-state index contributed by atoms with van der Waals surface area (Å²) in [5.74, 6) is -0.0560. The number of rotatable bonds is 10. The quantitative estimate of drug-likeness (QED) is 0.307. The van der Waals surface area contributed by atoms with Crippen LogP contribution in [0.25, 0.3) is 10.8 Å². The van der Waals surface area contributed by atoms with Gasteiger partial charge < -0.3 is 14.4 Å². The topological polar surface area (TPSA) is 115 Å². The third kappa shape index (κ3) is 5.48. The molecule has 2 amide bonds. The number of hydrogen-bond donors (Lipinski definition) is 1. The molecule has 0 unspecified atom stereocenters. The molecule has 0 radical (unpaired) electrons. The lowest BCUT2D eigenvalue weighted by atomic mass is 9.99. The van der Waals surface area contributed by atoms with E-state index in [1.807, 2.05) is 38.1 Å². The van der Waals surface area contributed by atoms with Gasteiger partial charge in [-0.2, -0.15) is 0 Å². The molecule has 1 N–H and O–H groups in total. The average Bonchev–Trinajstić information content (AvgIpc) is 3.27. The minimum absolute atomic E-state index is 0.140. The van der Waals surface area contributed by atoms with Gasteiger partial charge in [0, 0.05) is 33.9 Å². The fourth-order valence-electron chi connectivity index (χ4n) is 4.89. The van der Waals surface area contributed by atoms with Crippen molar-refractivity contribution in [2.24, 2.45) is 0 Å². The van der Waals surface area contributed by atoms with Gasteiger partial charge in [-0.05, 0) is 43.7 Å². The molecule has 0 spiro atoms. The zero-order valence-electron chi connectivity index (χ0n) is 22.2. The predicted octanol–water partition coefficient (Wildman–Crippen LogP) is 4.38. The average molecular weight is 560 g/mol. The number of nitrogens with zero attached hydrogens (tertiary/aromatic N) is 2. The molecule has 4 aromatic rings. The van der Waals surface area contributed by atoms with Crippen LogP contribution in [0.5, 0.6) is 11.5 Å². The SMILES string of the molecule is CCOc1c2c(c(OCC)c3ccccc13)C(=O)N(c1ccc(CS(=O)(=O)NC(=O)Cc3ccccn3)cc1)C2. The predicted molar refractivity (Wildman–Crippen MR) is 152 cm³/mol. The van der Waals surface area contributed by atoms with E-state index < -0.39 is 15.9 Å². The second-order valence-electron chi connectivity index (χ2n) is 9.26. The summed E-state index contributed by atoms with van der Waals surface area (Å²) in [5, 5.41) is 1.69. The minimum atomic E-state index is -3.93. The maximum absolute atomic E-state index is 13.7. The van der Waals surface area contributed by atoms with Gasteiger partial charge in [-0.1, -0.05) is 42.5 Å². The second-order valence-corrected chi connectivity index (χ2v) is 11.0. The molecule has 0 aliphatic carbocycles. The Labute approximate surface area is 232 Å². The normalized spacial score (nSPS) is 12.8. The van der Waals surface area contributed by atoms with Gasteiger partial charge in [-0.15, -0.1) is 0 Å². The van der Waals surface area contributed by atoms with Crippen molar-refractivity contribution in [3.8, 4) is 11.5 Å². The first kappa shape index (κ1) is 27.1. The number of ether oxygens (including phenoxy) is 2. The van der Waals surface area contributed by atoms with E-state index in [-0.39, 0.29) is 24.6 Å². The van der Waals surface area contributed by atoms with Crippen LogP contribution in [0.4, 0.5) is 5.69 Å². The lowest BCUT2D eigenvalue weighted by Crippen LogP contribution is -2.33. The highest BCUT2D eigenvalue weighted by molar-refractivity contribution is 7.89. The smallest absolute Gasteiger partial charge is 0.262 e. The van der Waals surface area contributed by atoms with E-state index in [9.17, 15) is 18.0 Å². The van der Waals surface area contributed by atoms with Crippen molar-refractivity contribution in [2.45, 2.75) is 32.6 Å². The Bertz CT molecular complexity index is 1670. The van der Waals surface area contributed by atoms with E-state index in [4.69, 9.17) is 9.47 Å². The highest BCUT2D eigenvalue weighted by Gasteiger charge is 2.36. The molecule has 206 valence electrons. The summed E-state index contributed by atoms with van der Waals surface area (Å²) in [6.07, 6.45) is 1.40. The van der Waals surface area contributed by atoms with E-state index in [0.717, 1.165) is 16.3 Å². The molecule has 3 aromatic carbocycles. The van der Waals surface area contributed by atoms with Crippen LogP contribution in [0, 0.1) is 0 Å². The zero-order chi connectivity index (χ0) is 28.3. The lowest BCUT2D eigenvalue weighted by molar-refractivity contribution is -0.118. The van der Waals surface area contributed by atoms with Crippen molar-refractivity contribution >= 4 is 38.3 Å². The number of hydrogen-bond acceptors (Lipinski definition) is 7. The minimum Gasteiger partial charge on any atom is -0.493 e. The summed E-state index contributed by atoms with van der Waals surface area (Å²) in [4.78, 5) is 31.6. The van der Waals surface area contributed by atoms with Crippen LogP contribution < -0.4 is 19.1 Å². The van der Waals surface area contributed by atoms with Crippen LogP contribution in [-0.2, 0) is 33.5 Å². The molecule has 10 heteroatoms. The Balaban J connectivity index is 1.37. The first-order valence-corrected chi connectivity index (χ1v) is 14.6. The van der Waals surface area contributed by atoms with Gasteiger partial charge >= 0.3 is 0 Å². The summed E-state index contributed by atoms with van der Waals surface area (Å²) in [6.45, 7) is 4.91. The van der Waals surface area contributed by atoms with Crippen LogP contribution in [0.15, 0.2) is 72.9 Å². The monoisotopic (exact) mass is 559 g/mol. The molecule has 5 rings (SSSR count). The Kier molecular flexibility index (Phi) is 7.70. The lowest BCUT2D eigenvalue weighted by Gasteiger charge is -2.16. The molecule has 9 nitrogen and oxygen atoms in total. The highest BCUT2D eigenvalue weighted by Crippen LogP contribution is 2.46. The van der Waals surface area contributed by atoms with Crippen LogP contribution in [0.3, 0.4) is 0 Å². The molecular weight excluding hydrogens is 530 g/mol. The van der Waals surface area contributed by atoms with E-state index in [1.165, 1.54) is 0 Å². The van der Waals surface area contributed by atoms with Gasteiger partial charge in [0.25, 0.3) is 5.91 Å². The summed E-state index contributed by atoms with van der Waals surface area (Å²) in [7, 11) is -3.93. The summed E-state index contributed by atoms with van der Waals surface area (Å²) in [5.41, 5.74) is 2.79. The van der Waals surface area contributed by atoms with E-state index in [1.54, 1.807) is 53.6 Å². The Morgan fingerprint density at radius 1 is 0.925 bits per heavy atom. The summed E-state index contributed by atoms with van der Waals surface area (Å²) < 4.78 is 39.3. The molecule has 1 aliphatic rings. The number of benzene rings is 3. The first-order chi connectivity index (χ1) is 19.3. The van der Waals surface area contributed by atoms with Crippen molar-refractivity contribution in [3.05, 3.63) is 95.3 Å². The number of aromatic nitrogens is 1. The number of carbonyl (C=O) groups is 2. The van der Waals surface area contributed by atoms with Gasteiger partial charge in [-0.3, -0.25) is 19.3 Å². The Morgan fingerprint density at radius 3 is 2.23 bits per heavy atom. The number of nitrogens with one attached hydrogen (secondary N) is 1. The van der Waals surface area contributed by atoms with Gasteiger partial charge in [0.2, 0.25) is 15.9 Å². The van der Waals surface area contributed by atoms with Gasteiger partial charge in [0.15, 0.2) is 0 Å². The van der Waals surface area contributed by atoms with Crippen LogP contribution in [0.2, 0.25) is 0 Å². The fraction of sp³-hybridized carbons (Fsp3) is 0.233. The number of amides is 2. The molecular formula is C30H29N3O6S. The van der Waals surface area contributed by atoms with Crippen molar-refractivity contribution in [1.29, 1.82) is 0 Å². The number of anilines is 1. The van der Waals surface area contributed by atoms with Crippen LogP contribution in [-0.4, -0.2) is 38.4 Å². The van der Waals surface area contributed by atoms with Crippen molar-refractivity contribution < 1.29 is 27.5 Å². The molecule has 2 heterocycles. The van der Waals surface area contributed by atoms with Crippen LogP contribution in [0.1, 0.15) is 41.0 Å². The molecule has 1 aliphatic heterocycles. The number of fused-ring (bicyclic) bond motifs is 2. The zero-order valence-corrected chi connectivity index (χ0v) is 23.0. The maximum atomic E-state index is 13.7. The molecule has 0 bridgehead atoms. The number of sulfonamides is 1. The van der Waals surface area contributed by atoms with Crippen molar-refractivity contribution in [2.75, 3.05) is 18.1 Å². The Hall–Kier alpha value is -4.44. The van der Waals surface area contributed by atoms with Crippen LogP contribution >= 0.6 is 0 Å². The van der Waals surface area contributed by atoms with Crippen molar-refractivity contribution in [3.63, 3.8) is 0 Å². The first-order valence-electron chi connectivity index (χ1n) is 13.0. The van der Waals surface area contributed by atoms with E-state index in [2.05, 4.69) is 9.71 Å². The molecule has 0 saturated carbocycles. The number of carbonyl (C=O) groups excluding carboxylic acids is 2. The summed E-state index contributed by atoms with van der Waals surface area (Å²) >= 11 is 0. The van der Waals surface area contributed by atoms with Gasteiger partial charge in [0.05, 0.1) is 37.5 Å². The third-order valence-electron chi connectivity index (χ3n) is 6.51. The molecule has 0 saturated heterocycles. The summed E-state index contributed by atoms with van der Waals surface area (Å²) in [6, 6.07) is 19.5. The molecule has 1 aromatic heterocycles. The van der Waals surface area contributed by atoms with Gasteiger partial charge in [0.1, 0.15) is 11.5 Å². The molecule has 0 atom stereocenters. The van der Waals surface area contributed by atoms with E-state index >= 15 is 0 Å². The standard InChI is InChI=1S/C30H29N3O6S/c1-3-38-28-23-10-5-6-11-24(23)29(39-4-2)27-25(28)18-33(30(27)35)22-14-12-20(13-15-22)19-40(36,37)32-26(34)17-21-9-7-8-16-31-21/h5-16H,3-4,17-19H2,1-2H3,(H,32,34). The Morgan fingerprint density at radius 2 is 1.57 bits per heavy atom. The highest BCUT2D eigenvalue weighted by atomic mass is 32.2. The molecule has 0 fully saturated rings. The fourth-order valence-corrected chi connectivity index (χ4v) is 6.01. The second kappa shape index (κ2) is 11.4. The largest absolute Gasteiger partial charge is 0.493 e. The van der Waals surface area contributed by atoms with Crippen molar-refractivity contribution in [1.82, 2.24) is 9.71 Å². The van der Waals surface area contributed by atoms with E-state index in [0.29, 0.717) is 47.2 Å². The number of pyridine rings is 1. The third-order valence-corrected chi connectivity index (χ3v) is 7.77. The maximum Gasteiger partial charge on any atom is 0.262 e.